The lowest BCUT2D eigenvalue weighted by atomic mass is 9.96. The summed E-state index contributed by atoms with van der Waals surface area (Å²) in [6.45, 7) is 0.386. The molecule has 2 aromatic rings. The molecule has 5 nitrogen and oxygen atoms in total. The molecule has 0 saturated heterocycles. The number of nitrogens with one attached hydrogen (secondary N) is 1. The molecule has 1 amide bonds. The van der Waals surface area contributed by atoms with Crippen LogP contribution in [0.1, 0.15) is 31.2 Å². The van der Waals surface area contributed by atoms with E-state index in [1.54, 1.807) is 36.7 Å². The quantitative estimate of drug-likeness (QED) is 0.817. The second-order valence-electron chi connectivity index (χ2n) is 5.94. The van der Waals surface area contributed by atoms with Gasteiger partial charge in [0, 0.05) is 35.3 Å². The maximum Gasteiger partial charge on any atom is 0.296 e. The zero-order valence-electron chi connectivity index (χ0n) is 13.9. The van der Waals surface area contributed by atoms with Crippen molar-refractivity contribution < 1.29 is 14.3 Å². The summed E-state index contributed by atoms with van der Waals surface area (Å²) >= 11 is 0. The number of anilines is 1. The van der Waals surface area contributed by atoms with E-state index >= 15 is 0 Å². The Morgan fingerprint density at radius 2 is 2.08 bits per heavy atom. The predicted octanol–water partition coefficient (Wildman–Crippen LogP) is 3.67. The van der Waals surface area contributed by atoms with Crippen molar-refractivity contribution in [3.63, 3.8) is 0 Å². The molecule has 0 fully saturated rings. The fraction of sp³-hybridized carbons (Fsp3) is 0.250. The maximum atomic E-state index is 12.2. The monoisotopic (exact) mass is 336 g/mol. The van der Waals surface area contributed by atoms with Crippen LogP contribution in [0.4, 0.5) is 5.69 Å². The van der Waals surface area contributed by atoms with Gasteiger partial charge in [-0.3, -0.25) is 14.6 Å². The number of ketones is 1. The first-order valence-electron chi connectivity index (χ1n) is 8.39. The van der Waals surface area contributed by atoms with Crippen LogP contribution in [-0.4, -0.2) is 16.7 Å². The molecular formula is C20H20N2O3. The summed E-state index contributed by atoms with van der Waals surface area (Å²) in [5, 5.41) is 2.66. The highest BCUT2D eigenvalue weighted by Crippen LogP contribution is 2.21. The molecule has 0 radical (unpaired) electrons. The zero-order chi connectivity index (χ0) is 17.5. The van der Waals surface area contributed by atoms with Crippen molar-refractivity contribution in [3.8, 4) is 5.75 Å². The number of amides is 1. The first kappa shape index (κ1) is 16.9. The number of allylic oxidation sites excluding steroid dienone is 1. The van der Waals surface area contributed by atoms with Gasteiger partial charge in [-0.2, -0.15) is 0 Å². The number of rotatable bonds is 6. The van der Waals surface area contributed by atoms with Crippen LogP contribution < -0.4 is 10.1 Å². The third kappa shape index (κ3) is 4.76. The van der Waals surface area contributed by atoms with Gasteiger partial charge in [-0.1, -0.05) is 18.2 Å². The number of Topliss-reactive ketones (excluding diaryl/α,β-unsaturated/α-hetero) is 1. The Balaban J connectivity index is 1.60. The highest BCUT2D eigenvalue weighted by molar-refractivity contribution is 6.46. The van der Waals surface area contributed by atoms with Gasteiger partial charge < -0.3 is 10.1 Å². The average Bonchev–Trinajstić information content (AvgIpc) is 2.67. The standard InChI is InChI=1S/C20H20N2O3/c23-19(16-7-2-1-3-8-16)20(24)22-17-9-4-10-18(12-17)25-14-15-6-5-11-21-13-15/h4-7,9-13H,1-3,8,14H2,(H,22,24). The largest absolute Gasteiger partial charge is 0.489 e. The first-order chi connectivity index (χ1) is 12.2. The van der Waals surface area contributed by atoms with Gasteiger partial charge in [0.1, 0.15) is 12.4 Å². The highest BCUT2D eigenvalue weighted by Gasteiger charge is 2.20. The minimum Gasteiger partial charge on any atom is -0.489 e. The SMILES string of the molecule is O=C(Nc1cccc(OCc2cccnc2)c1)C(=O)C1=CCCCC1. The minimum absolute atomic E-state index is 0.386. The van der Waals surface area contributed by atoms with E-state index in [2.05, 4.69) is 10.3 Å². The van der Waals surface area contributed by atoms with Crippen LogP contribution in [0.5, 0.6) is 5.75 Å². The van der Waals surface area contributed by atoms with E-state index in [1.807, 2.05) is 18.2 Å². The number of hydrogen-bond acceptors (Lipinski definition) is 4. The van der Waals surface area contributed by atoms with Crippen LogP contribution in [0.2, 0.25) is 0 Å². The van der Waals surface area contributed by atoms with Gasteiger partial charge in [-0.25, -0.2) is 0 Å². The fourth-order valence-electron chi connectivity index (χ4n) is 2.69. The third-order valence-electron chi connectivity index (χ3n) is 4.01. The molecule has 1 aliphatic carbocycles. The molecule has 1 aromatic carbocycles. The Morgan fingerprint density at radius 3 is 2.84 bits per heavy atom. The molecule has 25 heavy (non-hydrogen) atoms. The van der Waals surface area contributed by atoms with Crippen LogP contribution in [0.25, 0.3) is 0 Å². The number of benzene rings is 1. The smallest absolute Gasteiger partial charge is 0.296 e. The number of pyridine rings is 1. The van der Waals surface area contributed by atoms with E-state index in [4.69, 9.17) is 4.74 Å². The summed E-state index contributed by atoms with van der Waals surface area (Å²) in [5.41, 5.74) is 2.11. The molecule has 1 aliphatic rings. The lowest BCUT2D eigenvalue weighted by Crippen LogP contribution is -2.25. The lowest BCUT2D eigenvalue weighted by Gasteiger charge is -2.12. The number of nitrogens with zero attached hydrogens (tertiary/aromatic N) is 1. The summed E-state index contributed by atoms with van der Waals surface area (Å²) in [5.74, 6) is -0.426. The van der Waals surface area contributed by atoms with Crippen molar-refractivity contribution in [2.45, 2.75) is 32.3 Å². The van der Waals surface area contributed by atoms with E-state index in [1.165, 1.54) is 0 Å². The number of ether oxygens (including phenoxy) is 1. The maximum absolute atomic E-state index is 12.2. The van der Waals surface area contributed by atoms with Crippen molar-refractivity contribution >= 4 is 17.4 Å². The molecule has 128 valence electrons. The van der Waals surface area contributed by atoms with Crippen molar-refractivity contribution in [1.82, 2.24) is 4.98 Å². The van der Waals surface area contributed by atoms with Gasteiger partial charge in [0.2, 0.25) is 5.78 Å². The zero-order valence-corrected chi connectivity index (χ0v) is 13.9. The molecule has 0 aliphatic heterocycles. The summed E-state index contributed by atoms with van der Waals surface area (Å²) in [6.07, 6.45) is 8.91. The summed E-state index contributed by atoms with van der Waals surface area (Å²) in [7, 11) is 0. The van der Waals surface area contributed by atoms with Crippen LogP contribution in [0.3, 0.4) is 0 Å². The summed E-state index contributed by atoms with van der Waals surface area (Å²) in [4.78, 5) is 28.4. The molecule has 0 unspecified atom stereocenters. The molecule has 5 heteroatoms. The van der Waals surface area contributed by atoms with Gasteiger partial charge in [-0.15, -0.1) is 0 Å². The fourth-order valence-corrected chi connectivity index (χ4v) is 2.69. The minimum atomic E-state index is -0.599. The molecule has 1 aromatic heterocycles. The molecular weight excluding hydrogens is 316 g/mol. The highest BCUT2D eigenvalue weighted by atomic mass is 16.5. The van der Waals surface area contributed by atoms with Crippen LogP contribution in [0.15, 0.2) is 60.4 Å². The van der Waals surface area contributed by atoms with Gasteiger partial charge in [-0.05, 0) is 43.9 Å². The van der Waals surface area contributed by atoms with Crippen molar-refractivity contribution in [2.24, 2.45) is 0 Å². The van der Waals surface area contributed by atoms with Gasteiger partial charge in [0.25, 0.3) is 5.91 Å². The van der Waals surface area contributed by atoms with Crippen LogP contribution in [-0.2, 0) is 16.2 Å². The molecule has 3 rings (SSSR count). The Hall–Kier alpha value is -2.95. The van der Waals surface area contributed by atoms with Crippen LogP contribution >= 0.6 is 0 Å². The molecule has 0 saturated carbocycles. The Bertz CT molecular complexity index is 785. The van der Waals surface area contributed by atoms with Crippen molar-refractivity contribution in [2.75, 3.05) is 5.32 Å². The third-order valence-corrected chi connectivity index (χ3v) is 4.01. The lowest BCUT2D eigenvalue weighted by molar-refractivity contribution is -0.132. The van der Waals surface area contributed by atoms with Gasteiger partial charge >= 0.3 is 0 Å². The number of hydrogen-bond donors (Lipinski definition) is 1. The topological polar surface area (TPSA) is 68.3 Å². The van der Waals surface area contributed by atoms with E-state index in [0.29, 0.717) is 30.0 Å². The van der Waals surface area contributed by atoms with Crippen molar-refractivity contribution in [3.05, 3.63) is 66.0 Å². The van der Waals surface area contributed by atoms with E-state index in [9.17, 15) is 9.59 Å². The number of aromatic nitrogens is 1. The van der Waals surface area contributed by atoms with Gasteiger partial charge in [0.15, 0.2) is 0 Å². The van der Waals surface area contributed by atoms with Crippen molar-refractivity contribution in [1.29, 1.82) is 0 Å². The molecule has 0 spiro atoms. The normalized spacial score (nSPS) is 13.7. The average molecular weight is 336 g/mol. The number of carbonyl (C=O) groups excluding carboxylic acids is 2. The Kier molecular flexibility index (Phi) is 5.57. The molecule has 0 bridgehead atoms. The molecule has 0 atom stereocenters. The van der Waals surface area contributed by atoms with Crippen LogP contribution in [0, 0.1) is 0 Å². The number of carbonyl (C=O) groups is 2. The first-order valence-corrected chi connectivity index (χ1v) is 8.39. The second-order valence-corrected chi connectivity index (χ2v) is 5.94. The second kappa shape index (κ2) is 8.24. The van der Waals surface area contributed by atoms with E-state index < -0.39 is 11.7 Å². The Labute approximate surface area is 146 Å². The summed E-state index contributed by atoms with van der Waals surface area (Å²) < 4.78 is 5.70. The summed E-state index contributed by atoms with van der Waals surface area (Å²) in [6, 6.07) is 10.8. The van der Waals surface area contributed by atoms with E-state index in [0.717, 1.165) is 24.8 Å². The van der Waals surface area contributed by atoms with E-state index in [-0.39, 0.29) is 0 Å². The van der Waals surface area contributed by atoms with Gasteiger partial charge in [0.05, 0.1) is 0 Å². The molecule has 1 heterocycles. The Morgan fingerprint density at radius 1 is 1.16 bits per heavy atom. The molecule has 1 N–H and O–H groups in total. The predicted molar refractivity (Wildman–Crippen MR) is 95.2 cm³/mol.